The summed E-state index contributed by atoms with van der Waals surface area (Å²) in [5.41, 5.74) is 0. The lowest BCUT2D eigenvalue weighted by Gasteiger charge is -2.03. The van der Waals surface area contributed by atoms with Gasteiger partial charge in [0.15, 0.2) is 0 Å². The Bertz CT molecular complexity index is 54.9. The van der Waals surface area contributed by atoms with Crippen molar-refractivity contribution >= 4 is 29.2 Å². The number of rotatable bonds is 1. The SMILES string of the molecule is CCNC(=S)[S-].[NH4+]. The molecule has 0 bridgehead atoms. The van der Waals surface area contributed by atoms with Crippen LogP contribution in [-0.4, -0.2) is 10.9 Å². The molecule has 44 valence electrons. The van der Waals surface area contributed by atoms with Crippen molar-refractivity contribution < 1.29 is 0 Å². The van der Waals surface area contributed by atoms with Crippen molar-refractivity contribution in [3.05, 3.63) is 0 Å². The van der Waals surface area contributed by atoms with E-state index in [1.807, 2.05) is 6.92 Å². The quantitative estimate of drug-likeness (QED) is 0.416. The second-order valence-corrected chi connectivity index (χ2v) is 1.89. The van der Waals surface area contributed by atoms with Crippen LogP contribution in [0.15, 0.2) is 0 Å². The van der Waals surface area contributed by atoms with E-state index in [0.717, 1.165) is 6.54 Å². The molecule has 5 N–H and O–H groups in total. The molecular formula is C3H10N2S2. The van der Waals surface area contributed by atoms with Crippen LogP contribution >= 0.6 is 12.2 Å². The lowest BCUT2D eigenvalue weighted by molar-refractivity contribution is 0.996. The van der Waals surface area contributed by atoms with E-state index in [1.165, 1.54) is 0 Å². The maximum Gasteiger partial charge on any atom is 0.0103 e. The van der Waals surface area contributed by atoms with Crippen molar-refractivity contribution in [1.29, 1.82) is 0 Å². The molecule has 0 aromatic carbocycles. The predicted molar refractivity (Wildman–Crippen MR) is 39.6 cm³/mol. The summed E-state index contributed by atoms with van der Waals surface area (Å²) in [6, 6.07) is 0. The molecule has 0 fully saturated rings. The van der Waals surface area contributed by atoms with Gasteiger partial charge < -0.3 is 36.3 Å². The second-order valence-electron chi connectivity index (χ2n) is 0.818. The van der Waals surface area contributed by atoms with Gasteiger partial charge in [-0.3, -0.25) is 0 Å². The first kappa shape index (κ1) is 10.1. The van der Waals surface area contributed by atoms with Gasteiger partial charge in [-0.1, -0.05) is 4.32 Å². The summed E-state index contributed by atoms with van der Waals surface area (Å²) in [4.78, 5) is 0. The van der Waals surface area contributed by atoms with Crippen LogP contribution in [0.4, 0.5) is 0 Å². The monoisotopic (exact) mass is 138 g/mol. The number of thiocarbonyl (C=S) groups is 1. The molecule has 7 heavy (non-hydrogen) atoms. The molecule has 4 heteroatoms. The molecule has 0 unspecified atom stereocenters. The van der Waals surface area contributed by atoms with E-state index >= 15 is 0 Å². The second kappa shape index (κ2) is 6.07. The van der Waals surface area contributed by atoms with Gasteiger partial charge in [0.05, 0.1) is 0 Å². The number of quaternary nitrogens is 1. The molecule has 0 aliphatic rings. The van der Waals surface area contributed by atoms with E-state index in [4.69, 9.17) is 0 Å². The van der Waals surface area contributed by atoms with Crippen LogP contribution in [-0.2, 0) is 12.6 Å². The zero-order chi connectivity index (χ0) is 4.99. The number of nitrogens with one attached hydrogen (secondary N) is 1. The van der Waals surface area contributed by atoms with Gasteiger partial charge in [0.1, 0.15) is 0 Å². The van der Waals surface area contributed by atoms with Gasteiger partial charge in [-0.2, -0.15) is 0 Å². The normalized spacial score (nSPS) is 6.43. The standard InChI is InChI=1S/C3H7NS2.H3N/c1-2-4-3(5)6;/h2H2,1H3,(H2,4,5,6);1H3. The molecular weight excluding hydrogens is 128 g/mol. The van der Waals surface area contributed by atoms with Crippen molar-refractivity contribution in [3.8, 4) is 0 Å². The molecule has 0 spiro atoms. The Morgan fingerprint density at radius 1 is 1.86 bits per heavy atom. The van der Waals surface area contributed by atoms with Crippen LogP contribution < -0.4 is 11.5 Å². The molecule has 0 aromatic rings. The van der Waals surface area contributed by atoms with Crippen LogP contribution in [0, 0.1) is 0 Å². The Hall–Kier alpha value is 0.0700. The summed E-state index contributed by atoms with van der Waals surface area (Å²) in [7, 11) is 0. The minimum atomic E-state index is 0. The van der Waals surface area contributed by atoms with E-state index in [1.54, 1.807) is 0 Å². The van der Waals surface area contributed by atoms with E-state index in [9.17, 15) is 0 Å². The fourth-order valence-corrected chi connectivity index (χ4v) is 0.433. The summed E-state index contributed by atoms with van der Waals surface area (Å²) in [6.07, 6.45) is 0. The molecule has 0 aliphatic heterocycles. The molecule has 0 atom stereocenters. The van der Waals surface area contributed by atoms with Gasteiger partial charge in [-0.25, -0.2) is 0 Å². The molecule has 0 aliphatic carbocycles. The van der Waals surface area contributed by atoms with E-state index in [-0.39, 0.29) is 6.15 Å². The lowest BCUT2D eigenvalue weighted by atomic mass is 10.8. The van der Waals surface area contributed by atoms with Crippen molar-refractivity contribution in [1.82, 2.24) is 11.5 Å². The topological polar surface area (TPSA) is 48.5 Å². The highest BCUT2D eigenvalue weighted by molar-refractivity contribution is 8.00. The molecule has 0 saturated carbocycles. The first-order valence-electron chi connectivity index (χ1n) is 1.72. The average molecular weight is 138 g/mol. The predicted octanol–water partition coefficient (Wildman–Crippen LogP) is 0.804. The van der Waals surface area contributed by atoms with Crippen LogP contribution in [0.3, 0.4) is 0 Å². The third kappa shape index (κ3) is 10.7. The Balaban J connectivity index is 0. The third-order valence-electron chi connectivity index (χ3n) is 0.321. The van der Waals surface area contributed by atoms with Crippen LogP contribution in [0.2, 0.25) is 0 Å². The molecule has 2 nitrogen and oxygen atoms in total. The van der Waals surface area contributed by atoms with Gasteiger partial charge in [0.25, 0.3) is 0 Å². The highest BCUT2D eigenvalue weighted by Gasteiger charge is 1.63. The van der Waals surface area contributed by atoms with Crippen LogP contribution in [0.1, 0.15) is 6.92 Å². The fourth-order valence-electron chi connectivity index (χ4n) is 0.144. The smallest absolute Gasteiger partial charge is 0.0103 e. The maximum absolute atomic E-state index is 4.50. The molecule has 0 heterocycles. The molecule has 0 amide bonds. The Labute approximate surface area is 54.7 Å². The van der Waals surface area contributed by atoms with E-state index in [2.05, 4.69) is 30.2 Å². The van der Waals surface area contributed by atoms with Crippen molar-refractivity contribution in [2.75, 3.05) is 6.54 Å². The molecule has 0 rings (SSSR count). The lowest BCUT2D eigenvalue weighted by Crippen LogP contribution is -2.16. The zero-order valence-corrected chi connectivity index (χ0v) is 6.16. The number of hydrogen-bond acceptors (Lipinski definition) is 2. The summed E-state index contributed by atoms with van der Waals surface area (Å²) in [5, 5.41) is 2.75. The van der Waals surface area contributed by atoms with Gasteiger partial charge in [-0.05, 0) is 6.92 Å². The van der Waals surface area contributed by atoms with Crippen molar-refractivity contribution in [3.63, 3.8) is 0 Å². The minimum Gasteiger partial charge on any atom is -0.412 e. The average Bonchev–Trinajstić information content (AvgIpc) is 1.35. The molecule has 0 radical (unpaired) electrons. The molecule has 0 saturated heterocycles. The van der Waals surface area contributed by atoms with Crippen molar-refractivity contribution in [2.45, 2.75) is 6.92 Å². The zero-order valence-electron chi connectivity index (χ0n) is 4.52. The summed E-state index contributed by atoms with van der Waals surface area (Å²) < 4.78 is 0.456. The number of hydrogen-bond donors (Lipinski definition) is 2. The van der Waals surface area contributed by atoms with Gasteiger partial charge in [-0.15, -0.1) is 0 Å². The van der Waals surface area contributed by atoms with E-state index < -0.39 is 0 Å². The van der Waals surface area contributed by atoms with Gasteiger partial charge in [0, 0.05) is 6.54 Å². The Kier molecular flexibility index (Phi) is 8.79. The third-order valence-corrected chi connectivity index (χ3v) is 0.610. The summed E-state index contributed by atoms with van der Waals surface area (Å²) in [5.74, 6) is 0. The fraction of sp³-hybridized carbons (Fsp3) is 0.667. The maximum atomic E-state index is 4.50. The van der Waals surface area contributed by atoms with Gasteiger partial charge in [0.2, 0.25) is 0 Å². The summed E-state index contributed by atoms with van der Waals surface area (Å²) >= 11 is 9.00. The van der Waals surface area contributed by atoms with E-state index in [0.29, 0.717) is 4.32 Å². The highest BCUT2D eigenvalue weighted by Crippen LogP contribution is 1.60. The summed E-state index contributed by atoms with van der Waals surface area (Å²) in [6.45, 7) is 2.79. The highest BCUT2D eigenvalue weighted by atomic mass is 32.1. The minimum absolute atomic E-state index is 0. The first-order valence-corrected chi connectivity index (χ1v) is 2.54. The Morgan fingerprint density at radius 2 is 2.29 bits per heavy atom. The Morgan fingerprint density at radius 3 is 2.29 bits per heavy atom. The van der Waals surface area contributed by atoms with Gasteiger partial charge >= 0.3 is 0 Å². The first-order chi connectivity index (χ1) is 2.77. The molecule has 0 aromatic heterocycles. The largest absolute Gasteiger partial charge is 0.412 e. The van der Waals surface area contributed by atoms with Crippen LogP contribution in [0.5, 0.6) is 0 Å². The van der Waals surface area contributed by atoms with Crippen LogP contribution in [0.25, 0.3) is 0 Å². The van der Waals surface area contributed by atoms with Crippen molar-refractivity contribution in [2.24, 2.45) is 0 Å².